The Balaban J connectivity index is 0.000000605. The van der Waals surface area contributed by atoms with Crippen molar-refractivity contribution in [3.05, 3.63) is 24.2 Å². The van der Waals surface area contributed by atoms with Crippen LogP contribution in [0, 0.1) is 13.3 Å². The molecule has 0 bridgehead atoms. The molecular formula is C7H6N3Ru. The zero-order valence-corrected chi connectivity index (χ0v) is 7.64. The van der Waals surface area contributed by atoms with E-state index >= 15 is 0 Å². The topological polar surface area (TPSA) is 41.6 Å². The second kappa shape index (κ2) is 3.10. The molecule has 1 N–H and O–H groups in total. The van der Waals surface area contributed by atoms with Crippen LogP contribution in [0.25, 0.3) is 11.2 Å². The fraction of sp³-hybridized carbons (Fsp3) is 0.143. The number of nitrogens with one attached hydrogen (secondary N) is 1. The zero-order chi connectivity index (χ0) is 6.97. The first-order valence-corrected chi connectivity index (χ1v) is 3.05. The third-order valence-electron chi connectivity index (χ3n) is 1.35. The molecule has 0 unspecified atom stereocenters. The second-order valence-electron chi connectivity index (χ2n) is 2.23. The monoisotopic (exact) mass is 234 g/mol. The standard InChI is InChI=1S/C7H6N3.Ru/c1-5-2-6-7(8-3-5)10-4-9-6;/h2-3H,1H3,(H,8,9,10);/q-1;+1. The molecule has 0 aliphatic rings. The van der Waals surface area contributed by atoms with E-state index in [1.54, 1.807) is 6.20 Å². The smallest absolute Gasteiger partial charge is 0.446 e. The Kier molecular flexibility index (Phi) is 2.35. The van der Waals surface area contributed by atoms with Gasteiger partial charge in [-0.2, -0.15) is 0 Å². The first kappa shape index (κ1) is 8.34. The summed E-state index contributed by atoms with van der Waals surface area (Å²) >= 11 is 0. The number of fused-ring (bicyclic) bond motifs is 1. The van der Waals surface area contributed by atoms with E-state index in [1.807, 2.05) is 13.0 Å². The van der Waals surface area contributed by atoms with E-state index in [1.165, 1.54) is 0 Å². The predicted molar refractivity (Wildman–Crippen MR) is 37.5 cm³/mol. The first-order chi connectivity index (χ1) is 4.86. The molecule has 0 amide bonds. The maximum atomic E-state index is 4.09. The number of hydrogen-bond acceptors (Lipinski definition) is 2. The quantitative estimate of drug-likeness (QED) is 0.546. The average molecular weight is 233 g/mol. The zero-order valence-electron chi connectivity index (χ0n) is 5.90. The summed E-state index contributed by atoms with van der Waals surface area (Å²) in [5.74, 6) is 0. The Morgan fingerprint density at radius 1 is 1.55 bits per heavy atom. The second-order valence-corrected chi connectivity index (χ2v) is 2.23. The molecule has 0 spiro atoms. The number of hydrogen-bond donors (Lipinski definition) is 1. The molecule has 2 heterocycles. The number of H-pyrrole nitrogens is 1. The molecule has 3 nitrogen and oxygen atoms in total. The fourth-order valence-corrected chi connectivity index (χ4v) is 0.876. The van der Waals surface area contributed by atoms with Crippen molar-refractivity contribution in [2.24, 2.45) is 0 Å². The van der Waals surface area contributed by atoms with E-state index in [-0.39, 0.29) is 19.5 Å². The molecule has 0 aliphatic carbocycles. The van der Waals surface area contributed by atoms with Gasteiger partial charge in [0.1, 0.15) is 0 Å². The van der Waals surface area contributed by atoms with Crippen molar-refractivity contribution in [2.75, 3.05) is 0 Å². The van der Waals surface area contributed by atoms with Gasteiger partial charge in [-0.1, -0.05) is 11.6 Å². The molecule has 2 aromatic rings. The number of pyridine rings is 1. The van der Waals surface area contributed by atoms with Crippen molar-refractivity contribution < 1.29 is 19.5 Å². The summed E-state index contributed by atoms with van der Waals surface area (Å²) in [6, 6.07) is 1.97. The van der Waals surface area contributed by atoms with E-state index in [2.05, 4.69) is 21.3 Å². The molecule has 0 aromatic carbocycles. The molecule has 1 radical (unpaired) electrons. The summed E-state index contributed by atoms with van der Waals surface area (Å²) in [6.45, 7) is 1.99. The van der Waals surface area contributed by atoms with Gasteiger partial charge in [-0.05, 0) is 18.8 Å². The van der Waals surface area contributed by atoms with Gasteiger partial charge in [0.25, 0.3) is 0 Å². The van der Waals surface area contributed by atoms with E-state index in [4.69, 9.17) is 0 Å². The molecule has 0 saturated heterocycles. The number of aromatic nitrogens is 3. The Morgan fingerprint density at radius 3 is 3.18 bits per heavy atom. The van der Waals surface area contributed by atoms with Crippen molar-refractivity contribution >= 4 is 11.2 Å². The summed E-state index contributed by atoms with van der Waals surface area (Å²) in [6.07, 6.45) is 4.43. The van der Waals surface area contributed by atoms with Gasteiger partial charge < -0.3 is 15.0 Å². The molecule has 11 heavy (non-hydrogen) atoms. The molecule has 0 aliphatic heterocycles. The van der Waals surface area contributed by atoms with Crippen LogP contribution in [-0.4, -0.2) is 15.0 Å². The third-order valence-corrected chi connectivity index (χ3v) is 1.35. The van der Waals surface area contributed by atoms with Gasteiger partial charge in [0.2, 0.25) is 0 Å². The summed E-state index contributed by atoms with van der Waals surface area (Å²) in [4.78, 5) is 10.8. The van der Waals surface area contributed by atoms with E-state index in [9.17, 15) is 0 Å². The Bertz CT molecular complexity index is 355. The van der Waals surface area contributed by atoms with Crippen molar-refractivity contribution in [2.45, 2.75) is 6.92 Å². The van der Waals surface area contributed by atoms with Gasteiger partial charge in [0.05, 0.1) is 0 Å². The number of imidazole rings is 1. The molecule has 2 rings (SSSR count). The summed E-state index contributed by atoms with van der Waals surface area (Å²) in [7, 11) is 0. The van der Waals surface area contributed by atoms with Gasteiger partial charge >= 0.3 is 19.5 Å². The number of aromatic amines is 1. The van der Waals surface area contributed by atoms with E-state index in [0.717, 1.165) is 16.7 Å². The number of rotatable bonds is 0. The minimum atomic E-state index is 0. The summed E-state index contributed by atoms with van der Waals surface area (Å²) in [5.41, 5.74) is 2.79. The van der Waals surface area contributed by atoms with Gasteiger partial charge in [-0.15, -0.1) is 0 Å². The molecule has 0 fully saturated rings. The Labute approximate surface area is 77.0 Å². The van der Waals surface area contributed by atoms with Crippen LogP contribution in [0.2, 0.25) is 0 Å². The van der Waals surface area contributed by atoms with E-state index in [0.29, 0.717) is 0 Å². The van der Waals surface area contributed by atoms with Gasteiger partial charge in [0.15, 0.2) is 0 Å². The fourth-order valence-electron chi connectivity index (χ4n) is 0.876. The van der Waals surface area contributed by atoms with Gasteiger partial charge in [-0.3, -0.25) is 0 Å². The number of nitrogens with zero attached hydrogens (tertiary/aromatic N) is 2. The van der Waals surface area contributed by atoms with Crippen LogP contribution < -0.4 is 0 Å². The molecule has 2 aromatic heterocycles. The average Bonchev–Trinajstić information content (AvgIpc) is 2.33. The Morgan fingerprint density at radius 2 is 2.36 bits per heavy atom. The maximum Gasteiger partial charge on any atom is 1.00 e. The van der Waals surface area contributed by atoms with Crippen molar-refractivity contribution in [3.8, 4) is 0 Å². The normalized spacial score (nSPS) is 9.55. The van der Waals surface area contributed by atoms with Crippen LogP contribution in [0.5, 0.6) is 0 Å². The minimum absolute atomic E-state index is 0. The van der Waals surface area contributed by atoms with Crippen LogP contribution in [-0.2, 0) is 19.5 Å². The first-order valence-electron chi connectivity index (χ1n) is 3.05. The number of aryl methyl sites for hydroxylation is 1. The molecule has 4 heteroatoms. The largest absolute Gasteiger partial charge is 1.00 e. The van der Waals surface area contributed by atoms with E-state index < -0.39 is 0 Å². The van der Waals surface area contributed by atoms with Gasteiger partial charge in [0, 0.05) is 11.8 Å². The third kappa shape index (κ3) is 1.46. The van der Waals surface area contributed by atoms with Gasteiger partial charge in [-0.25, -0.2) is 0 Å². The molecule has 0 saturated carbocycles. The summed E-state index contributed by atoms with van der Waals surface area (Å²) < 4.78 is 0. The van der Waals surface area contributed by atoms with Crippen LogP contribution in [0.3, 0.4) is 0 Å². The van der Waals surface area contributed by atoms with Crippen molar-refractivity contribution in [1.82, 2.24) is 15.0 Å². The maximum absolute atomic E-state index is 4.09. The van der Waals surface area contributed by atoms with Crippen molar-refractivity contribution in [1.29, 1.82) is 0 Å². The SMILES string of the molecule is Cc1cnc2[nH][c-]nc2c1.[Ru+]. The Hall–Kier alpha value is -0.757. The van der Waals surface area contributed by atoms with Crippen LogP contribution >= 0.6 is 0 Å². The summed E-state index contributed by atoms with van der Waals surface area (Å²) in [5, 5.41) is 0. The molecular weight excluding hydrogens is 227 g/mol. The van der Waals surface area contributed by atoms with Crippen LogP contribution in [0.4, 0.5) is 0 Å². The molecule has 57 valence electrons. The van der Waals surface area contributed by atoms with Crippen LogP contribution in [0.15, 0.2) is 12.3 Å². The molecule has 0 atom stereocenters. The predicted octanol–water partition coefficient (Wildman–Crippen LogP) is 1.06. The minimum Gasteiger partial charge on any atom is -0.446 e. The van der Waals surface area contributed by atoms with Crippen LogP contribution in [0.1, 0.15) is 5.56 Å². The van der Waals surface area contributed by atoms with Crippen molar-refractivity contribution in [3.63, 3.8) is 0 Å².